The molecule has 0 radical (unpaired) electrons. The van der Waals surface area contributed by atoms with E-state index >= 15 is 0 Å². The van der Waals surface area contributed by atoms with Gasteiger partial charge < -0.3 is 5.32 Å². The Bertz CT molecular complexity index is 439. The summed E-state index contributed by atoms with van der Waals surface area (Å²) in [6.45, 7) is 10.6. The molecule has 0 amide bonds. The predicted octanol–water partition coefficient (Wildman–Crippen LogP) is 4.23. The van der Waals surface area contributed by atoms with E-state index in [1.54, 1.807) is 0 Å². The number of nitrogens with zero attached hydrogens (tertiary/aromatic N) is 1. The van der Waals surface area contributed by atoms with Crippen LogP contribution in [-0.2, 0) is 6.42 Å². The van der Waals surface area contributed by atoms with Crippen LogP contribution in [0.2, 0.25) is 0 Å². The number of halogens is 1. The number of rotatable bonds is 7. The summed E-state index contributed by atoms with van der Waals surface area (Å²) in [6.07, 6.45) is 4.97. The lowest BCUT2D eigenvalue weighted by Gasteiger charge is -2.43. The monoisotopic (exact) mass is 352 g/mol. The number of benzene rings is 1. The summed E-state index contributed by atoms with van der Waals surface area (Å²) in [4.78, 5) is 2.66. The van der Waals surface area contributed by atoms with Crippen molar-refractivity contribution >= 4 is 15.9 Å². The van der Waals surface area contributed by atoms with Gasteiger partial charge in [0, 0.05) is 16.1 Å². The summed E-state index contributed by atoms with van der Waals surface area (Å²) in [5.41, 5.74) is 1.61. The summed E-state index contributed by atoms with van der Waals surface area (Å²) in [6, 6.07) is 9.22. The Morgan fingerprint density at radius 2 is 2.00 bits per heavy atom. The SMILES string of the molecule is CCCNC(Cc1cccc(Br)c1)C(C)(C)N1CCCC1. The average Bonchev–Trinajstić information content (AvgIpc) is 2.98. The zero-order chi connectivity index (χ0) is 15.3. The third kappa shape index (κ3) is 4.54. The Hall–Kier alpha value is -0.380. The van der Waals surface area contributed by atoms with Crippen molar-refractivity contribution in [3.05, 3.63) is 34.3 Å². The van der Waals surface area contributed by atoms with E-state index in [0.717, 1.165) is 13.0 Å². The summed E-state index contributed by atoms with van der Waals surface area (Å²) in [7, 11) is 0. The van der Waals surface area contributed by atoms with Gasteiger partial charge in [-0.2, -0.15) is 0 Å². The normalized spacial score (nSPS) is 18.1. The van der Waals surface area contributed by atoms with E-state index in [0.29, 0.717) is 6.04 Å². The van der Waals surface area contributed by atoms with Crippen LogP contribution in [-0.4, -0.2) is 36.1 Å². The van der Waals surface area contributed by atoms with E-state index in [9.17, 15) is 0 Å². The molecule has 1 aliphatic rings. The fourth-order valence-electron chi connectivity index (χ4n) is 3.30. The molecule has 1 saturated heterocycles. The van der Waals surface area contributed by atoms with Crippen molar-refractivity contribution < 1.29 is 0 Å². The first-order chi connectivity index (χ1) is 10.0. The first-order valence-electron chi connectivity index (χ1n) is 8.27. The Labute approximate surface area is 138 Å². The van der Waals surface area contributed by atoms with Crippen LogP contribution in [0, 0.1) is 0 Å². The number of likely N-dealkylation sites (tertiary alicyclic amines) is 1. The minimum Gasteiger partial charge on any atom is -0.312 e. The van der Waals surface area contributed by atoms with Gasteiger partial charge in [0.05, 0.1) is 0 Å². The maximum atomic E-state index is 3.80. The molecular weight excluding hydrogens is 324 g/mol. The van der Waals surface area contributed by atoms with Gasteiger partial charge in [0.1, 0.15) is 0 Å². The van der Waals surface area contributed by atoms with Crippen molar-refractivity contribution in [2.24, 2.45) is 0 Å². The van der Waals surface area contributed by atoms with Crippen molar-refractivity contribution in [1.29, 1.82) is 0 Å². The van der Waals surface area contributed by atoms with Crippen LogP contribution in [0.25, 0.3) is 0 Å². The van der Waals surface area contributed by atoms with Crippen LogP contribution >= 0.6 is 15.9 Å². The number of hydrogen-bond donors (Lipinski definition) is 1. The highest BCUT2D eigenvalue weighted by molar-refractivity contribution is 9.10. The second-order valence-corrected chi connectivity index (χ2v) is 7.60. The fraction of sp³-hybridized carbons (Fsp3) is 0.667. The van der Waals surface area contributed by atoms with Crippen molar-refractivity contribution in [1.82, 2.24) is 10.2 Å². The molecular formula is C18H29BrN2. The van der Waals surface area contributed by atoms with Crippen LogP contribution in [0.3, 0.4) is 0 Å². The van der Waals surface area contributed by atoms with Gasteiger partial charge in [-0.3, -0.25) is 4.90 Å². The molecule has 1 unspecified atom stereocenters. The van der Waals surface area contributed by atoms with Crippen LogP contribution in [0.4, 0.5) is 0 Å². The Morgan fingerprint density at radius 1 is 1.29 bits per heavy atom. The smallest absolute Gasteiger partial charge is 0.0309 e. The lowest BCUT2D eigenvalue weighted by atomic mass is 9.87. The minimum atomic E-state index is 0.202. The van der Waals surface area contributed by atoms with Crippen LogP contribution in [0.1, 0.15) is 45.6 Å². The topological polar surface area (TPSA) is 15.3 Å². The largest absolute Gasteiger partial charge is 0.312 e. The molecule has 21 heavy (non-hydrogen) atoms. The molecule has 118 valence electrons. The Balaban J connectivity index is 2.12. The molecule has 1 atom stereocenters. The minimum absolute atomic E-state index is 0.202. The van der Waals surface area contributed by atoms with Crippen molar-refractivity contribution in [2.45, 2.75) is 58.0 Å². The molecule has 2 nitrogen and oxygen atoms in total. The summed E-state index contributed by atoms with van der Waals surface area (Å²) >= 11 is 3.59. The first-order valence-corrected chi connectivity index (χ1v) is 9.06. The molecule has 0 spiro atoms. The molecule has 1 N–H and O–H groups in total. The predicted molar refractivity (Wildman–Crippen MR) is 94.8 cm³/mol. The molecule has 2 rings (SSSR count). The maximum absolute atomic E-state index is 3.80. The van der Waals surface area contributed by atoms with E-state index in [-0.39, 0.29) is 5.54 Å². The molecule has 0 saturated carbocycles. The van der Waals surface area contributed by atoms with E-state index in [2.05, 4.69) is 71.2 Å². The highest BCUT2D eigenvalue weighted by Gasteiger charge is 2.36. The van der Waals surface area contributed by atoms with E-state index in [1.165, 1.54) is 42.4 Å². The van der Waals surface area contributed by atoms with Gasteiger partial charge >= 0.3 is 0 Å². The Kier molecular flexibility index (Phi) is 6.27. The summed E-state index contributed by atoms with van der Waals surface area (Å²) in [5.74, 6) is 0. The van der Waals surface area contributed by atoms with E-state index in [4.69, 9.17) is 0 Å². The molecule has 0 bridgehead atoms. The Morgan fingerprint density at radius 3 is 2.62 bits per heavy atom. The van der Waals surface area contributed by atoms with Crippen LogP contribution < -0.4 is 5.32 Å². The highest BCUT2D eigenvalue weighted by Crippen LogP contribution is 2.27. The van der Waals surface area contributed by atoms with Gasteiger partial charge in [-0.1, -0.05) is 35.0 Å². The standard InChI is InChI=1S/C18H29BrN2/c1-4-10-20-17(14-15-8-7-9-16(19)13-15)18(2,3)21-11-5-6-12-21/h7-9,13,17,20H,4-6,10-12,14H2,1-3H3. The van der Waals surface area contributed by atoms with E-state index < -0.39 is 0 Å². The maximum Gasteiger partial charge on any atom is 0.0309 e. The van der Waals surface area contributed by atoms with Crippen LogP contribution in [0.15, 0.2) is 28.7 Å². The fourth-order valence-corrected chi connectivity index (χ4v) is 3.75. The average molecular weight is 353 g/mol. The van der Waals surface area contributed by atoms with Gasteiger partial charge in [-0.05, 0) is 76.9 Å². The number of hydrogen-bond acceptors (Lipinski definition) is 2. The second-order valence-electron chi connectivity index (χ2n) is 6.69. The molecule has 0 aromatic heterocycles. The first kappa shape index (κ1) is 17.0. The lowest BCUT2D eigenvalue weighted by molar-refractivity contribution is 0.106. The van der Waals surface area contributed by atoms with Crippen LogP contribution in [0.5, 0.6) is 0 Å². The molecule has 0 aliphatic carbocycles. The molecule has 1 heterocycles. The van der Waals surface area contributed by atoms with Crippen molar-refractivity contribution in [2.75, 3.05) is 19.6 Å². The quantitative estimate of drug-likeness (QED) is 0.789. The van der Waals surface area contributed by atoms with Gasteiger partial charge in [-0.15, -0.1) is 0 Å². The van der Waals surface area contributed by atoms with E-state index in [1.807, 2.05) is 0 Å². The summed E-state index contributed by atoms with van der Waals surface area (Å²) < 4.78 is 1.17. The third-order valence-electron chi connectivity index (χ3n) is 4.74. The lowest BCUT2D eigenvalue weighted by Crippen LogP contribution is -2.58. The summed E-state index contributed by atoms with van der Waals surface area (Å²) in [5, 5.41) is 3.80. The van der Waals surface area contributed by atoms with Crippen molar-refractivity contribution in [3.63, 3.8) is 0 Å². The van der Waals surface area contributed by atoms with Gasteiger partial charge in [0.15, 0.2) is 0 Å². The third-order valence-corrected chi connectivity index (χ3v) is 5.24. The second kappa shape index (κ2) is 7.75. The molecule has 1 aromatic carbocycles. The zero-order valence-electron chi connectivity index (χ0n) is 13.7. The van der Waals surface area contributed by atoms with Gasteiger partial charge in [0.2, 0.25) is 0 Å². The molecule has 1 fully saturated rings. The number of nitrogens with one attached hydrogen (secondary N) is 1. The molecule has 3 heteroatoms. The molecule has 1 aliphatic heterocycles. The molecule has 1 aromatic rings. The zero-order valence-corrected chi connectivity index (χ0v) is 15.2. The van der Waals surface area contributed by atoms with Gasteiger partial charge in [0.25, 0.3) is 0 Å². The van der Waals surface area contributed by atoms with Gasteiger partial charge in [-0.25, -0.2) is 0 Å². The highest BCUT2D eigenvalue weighted by atomic mass is 79.9. The van der Waals surface area contributed by atoms with Crippen molar-refractivity contribution in [3.8, 4) is 0 Å².